The van der Waals surface area contributed by atoms with Crippen molar-refractivity contribution in [2.45, 2.75) is 51.7 Å². The summed E-state index contributed by atoms with van der Waals surface area (Å²) in [5, 5.41) is 3.74. The molecule has 1 aromatic rings. The van der Waals surface area contributed by atoms with Gasteiger partial charge in [-0.2, -0.15) is 0 Å². The van der Waals surface area contributed by atoms with Crippen LogP contribution < -0.4 is 5.32 Å². The molecule has 33 heavy (non-hydrogen) atoms. The van der Waals surface area contributed by atoms with Crippen LogP contribution >= 0.6 is 11.6 Å². The second kappa shape index (κ2) is 9.41. The van der Waals surface area contributed by atoms with Gasteiger partial charge in [0.05, 0.1) is 16.6 Å². The fourth-order valence-corrected chi connectivity index (χ4v) is 4.53. The van der Waals surface area contributed by atoms with E-state index in [9.17, 15) is 14.4 Å². The van der Waals surface area contributed by atoms with Crippen LogP contribution in [0.5, 0.6) is 0 Å². The van der Waals surface area contributed by atoms with Crippen LogP contribution in [0, 0.1) is 5.92 Å². The number of nitrogens with zero attached hydrogens (tertiary/aromatic N) is 3. The van der Waals surface area contributed by atoms with Gasteiger partial charge in [-0.3, -0.25) is 9.59 Å². The van der Waals surface area contributed by atoms with Gasteiger partial charge in [-0.15, -0.1) is 0 Å². The highest BCUT2D eigenvalue weighted by molar-refractivity contribution is 6.34. The van der Waals surface area contributed by atoms with Gasteiger partial charge >= 0.3 is 6.09 Å². The highest BCUT2D eigenvalue weighted by Gasteiger charge is 2.34. The van der Waals surface area contributed by atoms with Gasteiger partial charge in [0, 0.05) is 50.9 Å². The predicted molar refractivity (Wildman–Crippen MR) is 126 cm³/mol. The quantitative estimate of drug-likeness (QED) is 0.719. The molecule has 1 N–H and O–H groups in total. The van der Waals surface area contributed by atoms with Crippen molar-refractivity contribution in [3.05, 3.63) is 28.8 Å². The Labute approximate surface area is 200 Å². The Kier molecular flexibility index (Phi) is 6.75. The molecule has 0 radical (unpaired) electrons. The number of anilines is 1. The lowest BCUT2D eigenvalue weighted by Gasteiger charge is -2.40. The van der Waals surface area contributed by atoms with Gasteiger partial charge in [0.2, 0.25) is 5.91 Å². The summed E-state index contributed by atoms with van der Waals surface area (Å²) in [5.41, 5.74) is 0.760. The smallest absolute Gasteiger partial charge is 0.410 e. The first-order chi connectivity index (χ1) is 15.6. The van der Waals surface area contributed by atoms with E-state index in [1.54, 1.807) is 21.9 Å². The van der Waals surface area contributed by atoms with Crippen molar-refractivity contribution in [2.24, 2.45) is 5.92 Å². The molecule has 3 fully saturated rings. The Bertz CT molecular complexity index is 914. The maximum absolute atomic E-state index is 13.0. The molecule has 3 amide bonds. The van der Waals surface area contributed by atoms with Crippen molar-refractivity contribution in [1.82, 2.24) is 14.7 Å². The second-order valence-corrected chi connectivity index (χ2v) is 10.6. The van der Waals surface area contributed by atoms with E-state index in [0.29, 0.717) is 49.9 Å². The largest absolute Gasteiger partial charge is 0.444 e. The van der Waals surface area contributed by atoms with Gasteiger partial charge < -0.3 is 24.8 Å². The number of rotatable bonds is 4. The second-order valence-electron chi connectivity index (χ2n) is 10.2. The number of benzene rings is 1. The Hall–Kier alpha value is -2.48. The Morgan fingerprint density at radius 1 is 1.00 bits per heavy atom. The first-order valence-electron chi connectivity index (χ1n) is 11.7. The molecule has 3 aliphatic rings. The van der Waals surface area contributed by atoms with Gasteiger partial charge in [-0.05, 0) is 51.8 Å². The van der Waals surface area contributed by atoms with Crippen LogP contribution in [0.2, 0.25) is 5.02 Å². The highest BCUT2D eigenvalue weighted by Crippen LogP contribution is 2.29. The number of piperazine rings is 1. The zero-order valence-corrected chi connectivity index (χ0v) is 20.4. The summed E-state index contributed by atoms with van der Waals surface area (Å²) in [4.78, 5) is 42.8. The van der Waals surface area contributed by atoms with E-state index in [1.807, 2.05) is 31.7 Å². The lowest BCUT2D eigenvalue weighted by atomic mass is 9.84. The van der Waals surface area contributed by atoms with Crippen LogP contribution in [0.25, 0.3) is 0 Å². The summed E-state index contributed by atoms with van der Waals surface area (Å²) < 4.78 is 5.37. The minimum atomic E-state index is -0.510. The molecular formula is C24H33ClN4O4. The van der Waals surface area contributed by atoms with E-state index in [4.69, 9.17) is 16.3 Å². The fraction of sp³-hybridized carbons (Fsp3) is 0.625. The third kappa shape index (κ3) is 5.54. The Balaban J connectivity index is 1.26. The summed E-state index contributed by atoms with van der Waals surface area (Å²) in [5.74, 6) is 0.318. The van der Waals surface area contributed by atoms with Crippen LogP contribution in [-0.2, 0) is 9.53 Å². The van der Waals surface area contributed by atoms with Crippen molar-refractivity contribution in [2.75, 3.05) is 44.6 Å². The fourth-order valence-electron chi connectivity index (χ4n) is 4.27. The molecule has 1 aromatic carbocycles. The number of carbonyl (C=O) groups excluding carboxylic acids is 3. The lowest BCUT2D eigenvalue weighted by Crippen LogP contribution is -2.57. The van der Waals surface area contributed by atoms with Crippen LogP contribution in [0.15, 0.2) is 18.2 Å². The number of ether oxygens (including phenoxy) is 1. The number of halogens is 1. The number of carbonyl (C=O) groups is 3. The van der Waals surface area contributed by atoms with Gasteiger partial charge in [-0.25, -0.2) is 4.79 Å². The predicted octanol–water partition coefficient (Wildman–Crippen LogP) is 3.46. The minimum absolute atomic E-state index is 0.108. The van der Waals surface area contributed by atoms with Crippen LogP contribution in [0.1, 0.15) is 50.4 Å². The molecule has 4 rings (SSSR count). The molecule has 0 atom stereocenters. The SMILES string of the molecule is CC(C)(C)OC(=O)N1CC(Nc2ccc(C(=O)N3CCN(C(=O)C4CCC4)CC3)c(Cl)c2)C1. The Morgan fingerprint density at radius 2 is 1.64 bits per heavy atom. The lowest BCUT2D eigenvalue weighted by molar-refractivity contribution is -0.139. The van der Waals surface area contributed by atoms with Crippen molar-refractivity contribution in [3.8, 4) is 0 Å². The maximum Gasteiger partial charge on any atom is 0.410 e. The summed E-state index contributed by atoms with van der Waals surface area (Å²) >= 11 is 6.45. The van der Waals surface area contributed by atoms with Gasteiger partial charge in [0.25, 0.3) is 5.91 Å². The van der Waals surface area contributed by atoms with Crippen molar-refractivity contribution in [3.63, 3.8) is 0 Å². The van der Waals surface area contributed by atoms with E-state index in [2.05, 4.69) is 5.32 Å². The summed E-state index contributed by atoms with van der Waals surface area (Å²) in [7, 11) is 0. The summed E-state index contributed by atoms with van der Waals surface area (Å²) in [6.45, 7) is 8.85. The van der Waals surface area contributed by atoms with Gasteiger partial charge in [-0.1, -0.05) is 18.0 Å². The molecule has 0 aromatic heterocycles. The molecule has 0 bridgehead atoms. The topological polar surface area (TPSA) is 82.2 Å². The third-order valence-electron chi connectivity index (χ3n) is 6.44. The normalized spacial score (nSPS) is 19.6. The van der Waals surface area contributed by atoms with Crippen LogP contribution in [0.4, 0.5) is 10.5 Å². The van der Waals surface area contributed by atoms with Crippen LogP contribution in [-0.4, -0.2) is 83.5 Å². The zero-order chi connectivity index (χ0) is 23.8. The first kappa shape index (κ1) is 23.7. The average Bonchev–Trinajstić information content (AvgIpc) is 2.67. The van der Waals surface area contributed by atoms with Crippen molar-refractivity contribution in [1.29, 1.82) is 0 Å². The molecule has 0 spiro atoms. The number of hydrogen-bond acceptors (Lipinski definition) is 5. The molecule has 8 nitrogen and oxygen atoms in total. The standard InChI is InChI=1S/C24H33ClN4O4/c1-24(2,3)33-23(32)29-14-18(15-29)26-17-7-8-19(20(25)13-17)22(31)28-11-9-27(10-12-28)21(30)16-5-4-6-16/h7-8,13,16,18,26H,4-6,9-12,14-15H2,1-3H3. The van der Waals surface area contributed by atoms with Crippen molar-refractivity contribution >= 4 is 35.2 Å². The molecule has 1 saturated carbocycles. The van der Waals surface area contributed by atoms with E-state index >= 15 is 0 Å². The van der Waals surface area contributed by atoms with E-state index in [1.165, 1.54) is 0 Å². The van der Waals surface area contributed by atoms with Crippen molar-refractivity contribution < 1.29 is 19.1 Å². The minimum Gasteiger partial charge on any atom is -0.444 e. The van der Waals surface area contributed by atoms with Gasteiger partial charge in [0.15, 0.2) is 0 Å². The molecule has 180 valence electrons. The molecule has 2 aliphatic heterocycles. The molecule has 0 unspecified atom stereocenters. The zero-order valence-electron chi connectivity index (χ0n) is 19.6. The van der Waals surface area contributed by atoms with E-state index in [0.717, 1.165) is 24.9 Å². The molecule has 2 saturated heterocycles. The molecule has 9 heteroatoms. The summed E-state index contributed by atoms with van der Waals surface area (Å²) in [6.07, 6.45) is 2.82. The van der Waals surface area contributed by atoms with E-state index < -0.39 is 5.60 Å². The number of hydrogen-bond donors (Lipinski definition) is 1. The number of nitrogens with one attached hydrogen (secondary N) is 1. The van der Waals surface area contributed by atoms with Crippen LogP contribution in [0.3, 0.4) is 0 Å². The average molecular weight is 477 g/mol. The number of amides is 3. The van der Waals surface area contributed by atoms with Gasteiger partial charge in [0.1, 0.15) is 5.60 Å². The maximum atomic E-state index is 13.0. The van der Waals surface area contributed by atoms with E-state index in [-0.39, 0.29) is 29.9 Å². The Morgan fingerprint density at radius 3 is 2.18 bits per heavy atom. The first-order valence-corrected chi connectivity index (χ1v) is 12.1. The number of likely N-dealkylation sites (tertiary alicyclic amines) is 1. The highest BCUT2D eigenvalue weighted by atomic mass is 35.5. The molecule has 2 heterocycles. The third-order valence-corrected chi connectivity index (χ3v) is 6.75. The monoisotopic (exact) mass is 476 g/mol. The molecular weight excluding hydrogens is 444 g/mol. The summed E-state index contributed by atoms with van der Waals surface area (Å²) in [6, 6.07) is 5.44. The molecule has 1 aliphatic carbocycles.